The molecule has 0 aliphatic carbocycles. The van der Waals surface area contributed by atoms with Crippen LogP contribution in [-0.2, 0) is 11.2 Å². The Morgan fingerprint density at radius 1 is 1.31 bits per heavy atom. The fourth-order valence-electron chi connectivity index (χ4n) is 2.87. The molecular formula is C17H25Cl2N5O2. The van der Waals surface area contributed by atoms with Crippen molar-refractivity contribution in [2.24, 2.45) is 5.92 Å². The van der Waals surface area contributed by atoms with Crippen LogP contribution in [0.2, 0.25) is 0 Å². The van der Waals surface area contributed by atoms with Gasteiger partial charge in [0.1, 0.15) is 0 Å². The van der Waals surface area contributed by atoms with Crippen LogP contribution in [0.15, 0.2) is 29.0 Å². The smallest absolute Gasteiger partial charge is 0.227 e. The highest BCUT2D eigenvalue weighted by molar-refractivity contribution is 5.85. The van der Waals surface area contributed by atoms with Gasteiger partial charge in [-0.05, 0) is 50.4 Å². The number of amides is 1. The van der Waals surface area contributed by atoms with Crippen molar-refractivity contribution in [1.82, 2.24) is 25.8 Å². The van der Waals surface area contributed by atoms with Crippen molar-refractivity contribution in [2.75, 3.05) is 19.6 Å². The summed E-state index contributed by atoms with van der Waals surface area (Å²) >= 11 is 0. The Kier molecular flexibility index (Phi) is 10.2. The van der Waals surface area contributed by atoms with Gasteiger partial charge < -0.3 is 15.2 Å². The van der Waals surface area contributed by atoms with Gasteiger partial charge in [-0.2, -0.15) is 4.98 Å². The summed E-state index contributed by atoms with van der Waals surface area (Å²) < 4.78 is 5.20. The normalized spacial score (nSPS) is 16.2. The van der Waals surface area contributed by atoms with Gasteiger partial charge in [-0.3, -0.25) is 9.78 Å². The maximum absolute atomic E-state index is 11.9. The minimum Gasteiger partial charge on any atom is -0.356 e. The maximum Gasteiger partial charge on any atom is 0.227 e. The Morgan fingerprint density at radius 3 is 2.85 bits per heavy atom. The van der Waals surface area contributed by atoms with E-state index >= 15 is 0 Å². The molecule has 1 aliphatic rings. The third-order valence-electron chi connectivity index (χ3n) is 4.25. The number of aromatic nitrogens is 3. The van der Waals surface area contributed by atoms with Crippen molar-refractivity contribution >= 4 is 30.7 Å². The summed E-state index contributed by atoms with van der Waals surface area (Å²) in [6.45, 7) is 2.92. The standard InChI is InChI=1S/C17H23N5O2.2ClH/c23-15(20-11-5-13-2-1-8-19-12-13)3-4-16-21-17(22-24-16)14-6-9-18-10-7-14;;/h6-7,9-10,13,19H,1-5,8,11-12H2,(H,20,23);2*1H. The zero-order chi connectivity index (χ0) is 16.6. The summed E-state index contributed by atoms with van der Waals surface area (Å²) in [7, 11) is 0. The number of carbonyl (C=O) groups excluding carboxylic acids is 1. The van der Waals surface area contributed by atoms with Crippen molar-refractivity contribution < 1.29 is 9.32 Å². The molecule has 7 nitrogen and oxygen atoms in total. The molecule has 9 heteroatoms. The predicted octanol–water partition coefficient (Wildman–Crippen LogP) is 2.41. The molecule has 1 atom stereocenters. The summed E-state index contributed by atoms with van der Waals surface area (Å²) in [5.74, 6) is 1.71. The summed E-state index contributed by atoms with van der Waals surface area (Å²) in [6.07, 6.45) is 7.70. The van der Waals surface area contributed by atoms with E-state index in [9.17, 15) is 4.79 Å². The van der Waals surface area contributed by atoms with Gasteiger partial charge in [0.2, 0.25) is 17.6 Å². The Balaban J connectivity index is 0.00000169. The lowest BCUT2D eigenvalue weighted by Gasteiger charge is -2.22. The van der Waals surface area contributed by atoms with Crippen LogP contribution in [0.5, 0.6) is 0 Å². The van der Waals surface area contributed by atoms with E-state index in [1.54, 1.807) is 12.4 Å². The van der Waals surface area contributed by atoms with Gasteiger partial charge in [0, 0.05) is 37.3 Å². The molecule has 0 saturated carbocycles. The quantitative estimate of drug-likeness (QED) is 0.739. The van der Waals surface area contributed by atoms with Gasteiger partial charge in [0.25, 0.3) is 0 Å². The van der Waals surface area contributed by atoms with E-state index in [4.69, 9.17) is 4.52 Å². The van der Waals surface area contributed by atoms with Crippen LogP contribution in [0.1, 0.15) is 31.6 Å². The number of rotatable bonds is 7. The highest BCUT2D eigenvalue weighted by Gasteiger charge is 2.14. The lowest BCUT2D eigenvalue weighted by Crippen LogP contribution is -2.33. The number of nitrogens with zero attached hydrogens (tertiary/aromatic N) is 3. The third kappa shape index (κ3) is 6.90. The second kappa shape index (κ2) is 11.8. The van der Waals surface area contributed by atoms with E-state index in [1.807, 2.05) is 12.1 Å². The predicted molar refractivity (Wildman–Crippen MR) is 104 cm³/mol. The Hall–Kier alpha value is -1.70. The van der Waals surface area contributed by atoms with E-state index < -0.39 is 0 Å². The Morgan fingerprint density at radius 2 is 2.12 bits per heavy atom. The van der Waals surface area contributed by atoms with Crippen molar-refractivity contribution in [3.05, 3.63) is 30.4 Å². The van der Waals surface area contributed by atoms with E-state index in [0.29, 0.717) is 30.5 Å². The first-order valence-corrected chi connectivity index (χ1v) is 8.51. The third-order valence-corrected chi connectivity index (χ3v) is 4.25. The largest absolute Gasteiger partial charge is 0.356 e. The Labute approximate surface area is 165 Å². The van der Waals surface area contributed by atoms with Gasteiger partial charge in [-0.1, -0.05) is 5.16 Å². The molecule has 26 heavy (non-hydrogen) atoms. The maximum atomic E-state index is 11.9. The molecule has 1 saturated heterocycles. The van der Waals surface area contributed by atoms with Crippen molar-refractivity contribution in [2.45, 2.75) is 32.1 Å². The molecule has 3 heterocycles. The molecule has 2 aromatic rings. The summed E-state index contributed by atoms with van der Waals surface area (Å²) in [5, 5.41) is 10.3. The molecular weight excluding hydrogens is 377 g/mol. The van der Waals surface area contributed by atoms with Gasteiger partial charge >= 0.3 is 0 Å². The highest BCUT2D eigenvalue weighted by Crippen LogP contribution is 2.15. The molecule has 0 spiro atoms. The monoisotopic (exact) mass is 401 g/mol. The fraction of sp³-hybridized carbons (Fsp3) is 0.529. The molecule has 0 radical (unpaired) electrons. The molecule has 1 aliphatic heterocycles. The topological polar surface area (TPSA) is 92.9 Å². The van der Waals surface area contributed by atoms with Gasteiger partial charge in [-0.15, -0.1) is 24.8 Å². The van der Waals surface area contributed by atoms with E-state index in [2.05, 4.69) is 25.8 Å². The molecule has 1 fully saturated rings. The summed E-state index contributed by atoms with van der Waals surface area (Å²) in [6, 6.07) is 3.64. The molecule has 2 aromatic heterocycles. The van der Waals surface area contributed by atoms with E-state index in [-0.39, 0.29) is 30.7 Å². The van der Waals surface area contributed by atoms with Gasteiger partial charge in [0.05, 0.1) is 0 Å². The molecule has 0 bridgehead atoms. The summed E-state index contributed by atoms with van der Waals surface area (Å²) in [4.78, 5) is 20.2. The molecule has 3 rings (SSSR count). The average Bonchev–Trinajstić information content (AvgIpc) is 3.11. The van der Waals surface area contributed by atoms with Gasteiger partial charge in [-0.25, -0.2) is 0 Å². The van der Waals surface area contributed by atoms with Crippen molar-refractivity contribution in [3.8, 4) is 11.4 Å². The number of halogens is 2. The molecule has 2 N–H and O–H groups in total. The van der Waals surface area contributed by atoms with Crippen LogP contribution in [0, 0.1) is 5.92 Å². The van der Waals surface area contributed by atoms with Crippen molar-refractivity contribution in [3.63, 3.8) is 0 Å². The molecule has 1 unspecified atom stereocenters. The number of hydrogen-bond acceptors (Lipinski definition) is 6. The first-order chi connectivity index (χ1) is 11.8. The number of carbonyl (C=O) groups is 1. The van der Waals surface area contributed by atoms with Crippen LogP contribution in [0.3, 0.4) is 0 Å². The second-order valence-corrected chi connectivity index (χ2v) is 6.10. The lowest BCUT2D eigenvalue weighted by molar-refractivity contribution is -0.121. The van der Waals surface area contributed by atoms with Gasteiger partial charge in [0.15, 0.2) is 0 Å². The summed E-state index contributed by atoms with van der Waals surface area (Å²) in [5.41, 5.74) is 0.852. The lowest BCUT2D eigenvalue weighted by atomic mass is 9.96. The first kappa shape index (κ1) is 22.3. The van der Waals surface area contributed by atoms with E-state index in [0.717, 1.165) is 31.6 Å². The van der Waals surface area contributed by atoms with Crippen LogP contribution in [0.25, 0.3) is 11.4 Å². The second-order valence-electron chi connectivity index (χ2n) is 6.10. The SMILES string of the molecule is Cl.Cl.O=C(CCc1nc(-c2ccncc2)no1)NCCC1CCCNC1. The number of piperidine rings is 1. The van der Waals surface area contributed by atoms with Crippen LogP contribution < -0.4 is 10.6 Å². The van der Waals surface area contributed by atoms with Crippen LogP contribution >= 0.6 is 24.8 Å². The number of hydrogen-bond donors (Lipinski definition) is 2. The molecule has 0 aromatic carbocycles. The number of pyridine rings is 1. The molecule has 1 amide bonds. The van der Waals surface area contributed by atoms with Crippen LogP contribution in [-0.4, -0.2) is 40.7 Å². The zero-order valence-electron chi connectivity index (χ0n) is 14.5. The number of nitrogens with one attached hydrogen (secondary N) is 2. The van der Waals surface area contributed by atoms with E-state index in [1.165, 1.54) is 12.8 Å². The number of aryl methyl sites for hydroxylation is 1. The zero-order valence-corrected chi connectivity index (χ0v) is 16.2. The average molecular weight is 402 g/mol. The fourth-order valence-corrected chi connectivity index (χ4v) is 2.87. The van der Waals surface area contributed by atoms with Crippen molar-refractivity contribution in [1.29, 1.82) is 0 Å². The minimum absolute atomic E-state index is 0. The highest BCUT2D eigenvalue weighted by atomic mass is 35.5. The minimum atomic E-state index is 0. The van der Waals surface area contributed by atoms with Crippen LogP contribution in [0.4, 0.5) is 0 Å². The molecule has 144 valence electrons. The first-order valence-electron chi connectivity index (χ1n) is 8.51. The Bertz CT molecular complexity index is 648.